The molecule has 0 saturated carbocycles. The van der Waals surface area contributed by atoms with Gasteiger partial charge in [0.05, 0.1) is 77.5 Å². The first-order valence-electron chi connectivity index (χ1n) is 15.6. The highest BCUT2D eigenvalue weighted by Gasteiger charge is 2.04. The fourth-order valence-electron chi connectivity index (χ4n) is 4.56. The number of hydrogen-bond donors (Lipinski definition) is 0. The number of rotatable bonds is 23. The van der Waals surface area contributed by atoms with Gasteiger partial charge in [0.25, 0.3) is 0 Å². The molecule has 0 aliphatic carbocycles. The quantitative estimate of drug-likeness (QED) is 0.100. The molecule has 0 unspecified atom stereocenters. The van der Waals surface area contributed by atoms with Crippen molar-refractivity contribution in [3.05, 3.63) is 95.8 Å². The van der Waals surface area contributed by atoms with Gasteiger partial charge < -0.3 is 37.6 Å². The van der Waals surface area contributed by atoms with Gasteiger partial charge in [-0.15, -0.1) is 0 Å². The standard InChI is InChI=1S/C36H46N4O6/c1-41-21-23-45-27-25-43-19-17-39-15-3-5-33(39)9-7-31-11-13-37-35(29-31)36-30-32(12-14-38-36)8-10-34-6-4-16-40(34)18-20-44-26-28-46-24-22-42-2/h3-16,29-30H,17-28H2,1-2H3/b9-7+,10-8+. The van der Waals surface area contributed by atoms with Crippen molar-refractivity contribution in [1.29, 1.82) is 0 Å². The zero-order valence-corrected chi connectivity index (χ0v) is 27.0. The summed E-state index contributed by atoms with van der Waals surface area (Å²) in [6, 6.07) is 16.4. The molecule has 0 saturated heterocycles. The van der Waals surface area contributed by atoms with Gasteiger partial charge in [0.1, 0.15) is 0 Å². The van der Waals surface area contributed by atoms with Crippen LogP contribution in [0.5, 0.6) is 0 Å². The van der Waals surface area contributed by atoms with Crippen LogP contribution < -0.4 is 0 Å². The maximum absolute atomic E-state index is 5.72. The van der Waals surface area contributed by atoms with Crippen molar-refractivity contribution in [2.45, 2.75) is 13.1 Å². The predicted octanol–water partition coefficient (Wildman–Crippen LogP) is 5.45. The summed E-state index contributed by atoms with van der Waals surface area (Å²) in [6.07, 6.45) is 16.2. The lowest BCUT2D eigenvalue weighted by atomic mass is 10.1. The molecule has 0 fully saturated rings. The largest absolute Gasteiger partial charge is 0.382 e. The lowest BCUT2D eigenvalue weighted by Gasteiger charge is -2.08. The lowest BCUT2D eigenvalue weighted by molar-refractivity contribution is 0.0230. The molecular formula is C36H46N4O6. The molecule has 4 rings (SSSR count). The van der Waals surface area contributed by atoms with E-state index in [1.54, 1.807) is 14.2 Å². The van der Waals surface area contributed by atoms with Crippen molar-refractivity contribution in [2.75, 3.05) is 80.3 Å². The van der Waals surface area contributed by atoms with Gasteiger partial charge in [-0.3, -0.25) is 9.97 Å². The Morgan fingerprint density at radius 1 is 0.522 bits per heavy atom. The number of methoxy groups -OCH3 is 2. The van der Waals surface area contributed by atoms with Gasteiger partial charge in [-0.05, 0) is 71.8 Å². The first-order valence-corrected chi connectivity index (χ1v) is 15.6. The summed E-state index contributed by atoms with van der Waals surface area (Å²) in [4.78, 5) is 9.19. The molecule has 0 aliphatic rings. The van der Waals surface area contributed by atoms with Crippen LogP contribution >= 0.6 is 0 Å². The number of nitrogens with zero attached hydrogens (tertiary/aromatic N) is 4. The second-order valence-corrected chi connectivity index (χ2v) is 10.3. The molecule has 0 atom stereocenters. The van der Waals surface area contributed by atoms with Crippen LogP contribution in [0.15, 0.2) is 73.3 Å². The minimum atomic E-state index is 0.566. The van der Waals surface area contributed by atoms with Crippen LogP contribution in [0.4, 0.5) is 0 Å². The smallest absolute Gasteiger partial charge is 0.0892 e. The number of aromatic nitrogens is 4. The Morgan fingerprint density at radius 2 is 0.935 bits per heavy atom. The molecule has 4 heterocycles. The van der Waals surface area contributed by atoms with Crippen molar-refractivity contribution in [2.24, 2.45) is 0 Å². The van der Waals surface area contributed by atoms with Crippen LogP contribution in [0.25, 0.3) is 35.7 Å². The topological polar surface area (TPSA) is 91.0 Å². The molecular weight excluding hydrogens is 584 g/mol. The Kier molecular flexibility index (Phi) is 16.0. The zero-order chi connectivity index (χ0) is 32.1. The monoisotopic (exact) mass is 630 g/mol. The molecule has 0 amide bonds. The molecule has 0 aromatic carbocycles. The van der Waals surface area contributed by atoms with E-state index in [9.17, 15) is 0 Å². The van der Waals surface area contributed by atoms with E-state index in [0.717, 1.165) is 47.0 Å². The molecule has 4 aromatic heterocycles. The van der Waals surface area contributed by atoms with E-state index >= 15 is 0 Å². The van der Waals surface area contributed by atoms with Crippen LogP contribution in [-0.2, 0) is 41.5 Å². The van der Waals surface area contributed by atoms with E-state index in [0.29, 0.717) is 66.1 Å². The van der Waals surface area contributed by atoms with Gasteiger partial charge in [-0.2, -0.15) is 0 Å². The van der Waals surface area contributed by atoms with Crippen LogP contribution in [0.2, 0.25) is 0 Å². The predicted molar refractivity (Wildman–Crippen MR) is 181 cm³/mol. The van der Waals surface area contributed by atoms with E-state index in [1.165, 1.54) is 0 Å². The Morgan fingerprint density at radius 3 is 1.37 bits per heavy atom. The summed E-state index contributed by atoms with van der Waals surface area (Å²) in [5, 5.41) is 0. The van der Waals surface area contributed by atoms with Crippen LogP contribution in [0, 0.1) is 0 Å². The Hall–Kier alpha value is -3.90. The van der Waals surface area contributed by atoms with Crippen molar-refractivity contribution in [3.63, 3.8) is 0 Å². The lowest BCUT2D eigenvalue weighted by Crippen LogP contribution is -2.11. The third kappa shape index (κ3) is 12.5. The average Bonchev–Trinajstić information content (AvgIpc) is 3.74. The molecule has 4 aromatic rings. The summed E-state index contributed by atoms with van der Waals surface area (Å²) >= 11 is 0. The minimum Gasteiger partial charge on any atom is -0.382 e. The van der Waals surface area contributed by atoms with E-state index < -0.39 is 0 Å². The van der Waals surface area contributed by atoms with E-state index in [2.05, 4.69) is 80.1 Å². The maximum Gasteiger partial charge on any atom is 0.0892 e. The first kappa shape index (κ1) is 35.0. The van der Waals surface area contributed by atoms with Crippen LogP contribution in [0.1, 0.15) is 22.5 Å². The summed E-state index contributed by atoms with van der Waals surface area (Å²) in [6.45, 7) is 7.39. The summed E-state index contributed by atoms with van der Waals surface area (Å²) in [5.41, 5.74) is 5.94. The van der Waals surface area contributed by atoms with E-state index in [-0.39, 0.29) is 0 Å². The van der Waals surface area contributed by atoms with Crippen molar-refractivity contribution < 1.29 is 28.4 Å². The SMILES string of the molecule is COCCOCCOCCn1cccc1/C=C/c1ccnc(-c2cc(/C=C/c3cccn3CCOCCOCCOC)ccn2)c1. The Bertz CT molecular complexity index is 1350. The third-order valence-electron chi connectivity index (χ3n) is 7.01. The van der Waals surface area contributed by atoms with Gasteiger partial charge in [0.2, 0.25) is 0 Å². The van der Waals surface area contributed by atoms with Crippen LogP contribution in [-0.4, -0.2) is 99.4 Å². The highest BCUT2D eigenvalue weighted by atomic mass is 16.5. The minimum absolute atomic E-state index is 0.566. The van der Waals surface area contributed by atoms with Crippen molar-refractivity contribution >= 4 is 24.3 Å². The second kappa shape index (κ2) is 21.0. The van der Waals surface area contributed by atoms with Gasteiger partial charge in [-0.1, -0.05) is 12.2 Å². The molecule has 246 valence electrons. The highest BCUT2D eigenvalue weighted by Crippen LogP contribution is 2.20. The maximum atomic E-state index is 5.72. The molecule has 0 bridgehead atoms. The molecule has 10 heteroatoms. The molecule has 0 aliphatic heterocycles. The number of hydrogen-bond acceptors (Lipinski definition) is 8. The highest BCUT2D eigenvalue weighted by molar-refractivity contribution is 5.73. The number of pyridine rings is 2. The average molecular weight is 631 g/mol. The van der Waals surface area contributed by atoms with Gasteiger partial charge in [-0.25, -0.2) is 0 Å². The normalized spacial score (nSPS) is 11.8. The molecule has 0 radical (unpaired) electrons. The van der Waals surface area contributed by atoms with Gasteiger partial charge >= 0.3 is 0 Å². The fraction of sp³-hybridized carbons (Fsp3) is 0.389. The summed E-state index contributed by atoms with van der Waals surface area (Å²) in [7, 11) is 3.33. The molecule has 0 spiro atoms. The molecule has 46 heavy (non-hydrogen) atoms. The van der Waals surface area contributed by atoms with E-state index in [1.807, 2.05) is 36.7 Å². The van der Waals surface area contributed by atoms with Crippen molar-refractivity contribution in [1.82, 2.24) is 19.1 Å². The van der Waals surface area contributed by atoms with Gasteiger partial charge in [0, 0.05) is 63.5 Å². The Balaban J connectivity index is 1.28. The number of ether oxygens (including phenoxy) is 6. The molecule has 10 nitrogen and oxygen atoms in total. The first-order chi connectivity index (χ1) is 22.8. The third-order valence-corrected chi connectivity index (χ3v) is 7.01. The zero-order valence-electron chi connectivity index (χ0n) is 27.0. The van der Waals surface area contributed by atoms with Crippen LogP contribution in [0.3, 0.4) is 0 Å². The fourth-order valence-corrected chi connectivity index (χ4v) is 4.56. The molecule has 0 N–H and O–H groups in total. The summed E-state index contributed by atoms with van der Waals surface area (Å²) in [5.74, 6) is 0. The van der Waals surface area contributed by atoms with Crippen molar-refractivity contribution in [3.8, 4) is 11.4 Å². The Labute approximate surface area is 272 Å². The van der Waals surface area contributed by atoms with E-state index in [4.69, 9.17) is 28.4 Å². The van der Waals surface area contributed by atoms with Gasteiger partial charge in [0.15, 0.2) is 0 Å². The second-order valence-electron chi connectivity index (χ2n) is 10.3. The summed E-state index contributed by atoms with van der Waals surface area (Å²) < 4.78 is 36.6.